The Balaban J connectivity index is 1.85. The molecule has 0 saturated heterocycles. The molecule has 1 saturated carbocycles. The maximum Gasteiger partial charge on any atom is 0.0346 e. The molecule has 3 rings (SSSR count). The summed E-state index contributed by atoms with van der Waals surface area (Å²) in [5, 5.41) is 6.14. The lowest BCUT2D eigenvalue weighted by molar-refractivity contribution is 0.655. The van der Waals surface area contributed by atoms with Crippen molar-refractivity contribution in [2.75, 3.05) is 0 Å². The maximum atomic E-state index is 4.15. The van der Waals surface area contributed by atoms with Gasteiger partial charge in [-0.2, -0.15) is 0 Å². The highest BCUT2D eigenvalue weighted by Gasteiger charge is 2.31. The Morgan fingerprint density at radius 3 is 3.06 bits per heavy atom. The van der Waals surface area contributed by atoms with Gasteiger partial charge in [-0.1, -0.05) is 25.1 Å². The van der Waals surface area contributed by atoms with Crippen LogP contribution in [0.25, 0.3) is 10.8 Å². The lowest BCUT2D eigenvalue weighted by Crippen LogP contribution is -2.17. The molecule has 2 heteroatoms. The van der Waals surface area contributed by atoms with E-state index < -0.39 is 0 Å². The Bertz CT molecular complexity index is 502. The summed E-state index contributed by atoms with van der Waals surface area (Å²) in [5.74, 6) is 0.858. The van der Waals surface area contributed by atoms with E-state index in [4.69, 9.17) is 0 Å². The quantitative estimate of drug-likeness (QED) is 0.846. The standard InChI is InChI=1S/C14H16N2/c1-10-7-14(10)16-9-12-4-2-3-11-8-15-6-5-13(11)12/h2-6,8,10,14,16H,7,9H2,1H3. The molecule has 0 bridgehead atoms. The van der Waals surface area contributed by atoms with Gasteiger partial charge < -0.3 is 5.32 Å². The van der Waals surface area contributed by atoms with E-state index in [9.17, 15) is 0 Å². The minimum absolute atomic E-state index is 0.733. The average molecular weight is 212 g/mol. The summed E-state index contributed by atoms with van der Waals surface area (Å²) in [6.45, 7) is 3.26. The number of nitrogens with zero attached hydrogens (tertiary/aromatic N) is 1. The number of hydrogen-bond donors (Lipinski definition) is 1. The van der Waals surface area contributed by atoms with Gasteiger partial charge in [0.2, 0.25) is 0 Å². The van der Waals surface area contributed by atoms with Gasteiger partial charge in [-0.15, -0.1) is 0 Å². The van der Waals surface area contributed by atoms with Crippen LogP contribution < -0.4 is 5.32 Å². The molecule has 0 aliphatic heterocycles. The van der Waals surface area contributed by atoms with Crippen molar-refractivity contribution in [2.24, 2.45) is 5.92 Å². The van der Waals surface area contributed by atoms with Crippen LogP contribution in [0.5, 0.6) is 0 Å². The van der Waals surface area contributed by atoms with Crippen LogP contribution in [0.3, 0.4) is 0 Å². The van der Waals surface area contributed by atoms with Crippen molar-refractivity contribution in [3.05, 3.63) is 42.2 Å². The van der Waals surface area contributed by atoms with Crippen LogP contribution in [0, 0.1) is 5.92 Å². The highest BCUT2D eigenvalue weighted by Crippen LogP contribution is 2.29. The van der Waals surface area contributed by atoms with Crippen LogP contribution in [-0.2, 0) is 6.54 Å². The highest BCUT2D eigenvalue weighted by molar-refractivity contribution is 5.84. The van der Waals surface area contributed by atoms with Gasteiger partial charge in [-0.3, -0.25) is 4.98 Å². The van der Waals surface area contributed by atoms with E-state index in [1.807, 2.05) is 12.4 Å². The molecule has 1 heterocycles. The number of aromatic nitrogens is 1. The van der Waals surface area contributed by atoms with Gasteiger partial charge in [0.1, 0.15) is 0 Å². The lowest BCUT2D eigenvalue weighted by Gasteiger charge is -2.07. The van der Waals surface area contributed by atoms with Gasteiger partial charge in [0.05, 0.1) is 0 Å². The third-order valence-electron chi connectivity index (χ3n) is 3.44. The summed E-state index contributed by atoms with van der Waals surface area (Å²) in [4.78, 5) is 4.15. The number of rotatable bonds is 3. The molecule has 0 radical (unpaired) electrons. The number of benzene rings is 1. The Labute approximate surface area is 95.7 Å². The second-order valence-electron chi connectivity index (χ2n) is 4.71. The van der Waals surface area contributed by atoms with Crippen LogP contribution >= 0.6 is 0 Å². The summed E-state index contributed by atoms with van der Waals surface area (Å²) in [5.41, 5.74) is 1.37. The molecule has 1 aromatic heterocycles. The zero-order chi connectivity index (χ0) is 11.0. The fourth-order valence-corrected chi connectivity index (χ4v) is 2.19. The fourth-order valence-electron chi connectivity index (χ4n) is 2.19. The molecule has 2 atom stereocenters. The highest BCUT2D eigenvalue weighted by atomic mass is 15.0. The van der Waals surface area contributed by atoms with Gasteiger partial charge in [0.15, 0.2) is 0 Å². The smallest absolute Gasteiger partial charge is 0.0346 e. The van der Waals surface area contributed by atoms with E-state index in [1.54, 1.807) is 0 Å². The van der Waals surface area contributed by atoms with Crippen LogP contribution in [0.1, 0.15) is 18.9 Å². The first-order valence-electron chi connectivity index (χ1n) is 5.89. The Kier molecular flexibility index (Phi) is 2.37. The zero-order valence-electron chi connectivity index (χ0n) is 9.48. The van der Waals surface area contributed by atoms with E-state index >= 15 is 0 Å². The van der Waals surface area contributed by atoms with Crippen LogP contribution in [0.2, 0.25) is 0 Å². The van der Waals surface area contributed by atoms with Gasteiger partial charge in [0, 0.05) is 30.4 Å². The lowest BCUT2D eigenvalue weighted by atomic mass is 10.1. The summed E-state index contributed by atoms with van der Waals surface area (Å²) < 4.78 is 0. The van der Waals surface area contributed by atoms with E-state index in [-0.39, 0.29) is 0 Å². The van der Waals surface area contributed by atoms with Crippen LogP contribution in [0.15, 0.2) is 36.7 Å². The largest absolute Gasteiger partial charge is 0.310 e. The minimum Gasteiger partial charge on any atom is -0.310 e. The molecule has 0 amide bonds. The topological polar surface area (TPSA) is 24.9 Å². The molecule has 1 aromatic carbocycles. The first-order chi connectivity index (χ1) is 7.84. The Morgan fingerprint density at radius 1 is 1.38 bits per heavy atom. The summed E-state index contributed by atoms with van der Waals surface area (Å²) in [6, 6.07) is 9.26. The van der Waals surface area contributed by atoms with Crippen molar-refractivity contribution in [1.82, 2.24) is 10.3 Å². The Hall–Kier alpha value is -1.41. The van der Waals surface area contributed by atoms with Crippen LogP contribution in [-0.4, -0.2) is 11.0 Å². The van der Waals surface area contributed by atoms with Gasteiger partial charge in [-0.25, -0.2) is 0 Å². The first-order valence-corrected chi connectivity index (χ1v) is 5.89. The molecule has 1 aliphatic rings. The Morgan fingerprint density at radius 2 is 2.25 bits per heavy atom. The van der Waals surface area contributed by atoms with E-state index in [0.717, 1.165) is 18.5 Å². The monoisotopic (exact) mass is 212 g/mol. The fraction of sp³-hybridized carbons (Fsp3) is 0.357. The number of nitrogens with one attached hydrogen (secondary N) is 1. The minimum atomic E-state index is 0.733. The van der Waals surface area contributed by atoms with E-state index in [0.29, 0.717) is 0 Å². The SMILES string of the molecule is CC1CC1NCc1cccc2cnccc12. The van der Waals surface area contributed by atoms with Gasteiger partial charge >= 0.3 is 0 Å². The van der Waals surface area contributed by atoms with E-state index in [2.05, 4.69) is 41.5 Å². The van der Waals surface area contributed by atoms with Crippen molar-refractivity contribution >= 4 is 10.8 Å². The second-order valence-corrected chi connectivity index (χ2v) is 4.71. The third kappa shape index (κ3) is 1.81. The number of fused-ring (bicyclic) bond motifs is 1. The van der Waals surface area contributed by atoms with Crippen molar-refractivity contribution in [2.45, 2.75) is 25.9 Å². The zero-order valence-corrected chi connectivity index (χ0v) is 9.48. The maximum absolute atomic E-state index is 4.15. The van der Waals surface area contributed by atoms with Crippen molar-refractivity contribution in [3.63, 3.8) is 0 Å². The average Bonchev–Trinajstić information content (AvgIpc) is 3.03. The molecular weight excluding hydrogens is 196 g/mol. The normalized spacial score (nSPS) is 23.6. The van der Waals surface area contributed by atoms with Crippen molar-refractivity contribution in [1.29, 1.82) is 0 Å². The number of hydrogen-bond acceptors (Lipinski definition) is 2. The first kappa shape index (κ1) is 9.79. The van der Waals surface area contributed by atoms with Gasteiger partial charge in [0.25, 0.3) is 0 Å². The molecule has 1 fully saturated rings. The van der Waals surface area contributed by atoms with Crippen molar-refractivity contribution in [3.8, 4) is 0 Å². The molecule has 1 aliphatic carbocycles. The molecule has 1 N–H and O–H groups in total. The number of pyridine rings is 1. The summed E-state index contributed by atoms with van der Waals surface area (Å²) in [7, 11) is 0. The summed E-state index contributed by atoms with van der Waals surface area (Å²) >= 11 is 0. The predicted octanol–water partition coefficient (Wildman–Crippen LogP) is 2.73. The van der Waals surface area contributed by atoms with Crippen molar-refractivity contribution < 1.29 is 0 Å². The molecule has 82 valence electrons. The van der Waals surface area contributed by atoms with Gasteiger partial charge in [-0.05, 0) is 29.4 Å². The molecule has 2 nitrogen and oxygen atoms in total. The predicted molar refractivity (Wildman–Crippen MR) is 66.2 cm³/mol. The summed E-state index contributed by atoms with van der Waals surface area (Å²) in [6.07, 6.45) is 5.12. The molecular formula is C14H16N2. The molecule has 2 aromatic rings. The van der Waals surface area contributed by atoms with Crippen LogP contribution in [0.4, 0.5) is 0 Å². The molecule has 16 heavy (non-hydrogen) atoms. The van der Waals surface area contributed by atoms with E-state index in [1.165, 1.54) is 22.8 Å². The second kappa shape index (κ2) is 3.87. The molecule has 0 spiro atoms. The molecule has 2 unspecified atom stereocenters. The third-order valence-corrected chi connectivity index (χ3v) is 3.44.